The maximum absolute atomic E-state index is 12.9. The van der Waals surface area contributed by atoms with E-state index >= 15 is 0 Å². The zero-order chi connectivity index (χ0) is 10.0. The minimum atomic E-state index is -3.00. The predicted molar refractivity (Wildman–Crippen MR) is 58.5 cm³/mol. The molecule has 0 unspecified atom stereocenters. The van der Waals surface area contributed by atoms with E-state index in [1.807, 2.05) is 45.2 Å². The van der Waals surface area contributed by atoms with E-state index in [9.17, 15) is 13.2 Å². The van der Waals surface area contributed by atoms with Crippen molar-refractivity contribution >= 4 is 45.2 Å². The molecule has 0 aromatic heterocycles. The normalized spacial score (nSPS) is 10.6. The summed E-state index contributed by atoms with van der Waals surface area (Å²) in [7, 11) is 0. The Morgan fingerprint density at radius 2 is 1.69 bits per heavy atom. The van der Waals surface area contributed by atoms with Gasteiger partial charge in [0, 0.05) is 7.14 Å². The average molecular weight is 414 g/mol. The molecule has 0 atom stereocenters. The highest BCUT2D eigenvalue weighted by Crippen LogP contribution is 2.25. The summed E-state index contributed by atoms with van der Waals surface area (Å²) in [6, 6.07) is 2.39. The lowest BCUT2D eigenvalue weighted by Crippen LogP contribution is -2.04. The molecule has 0 saturated heterocycles. The number of benzene rings is 1. The summed E-state index contributed by atoms with van der Waals surface area (Å²) < 4.78 is 41.7. The first-order chi connectivity index (χ1) is 6.00. The van der Waals surface area contributed by atoms with Crippen LogP contribution in [0.15, 0.2) is 12.1 Å². The van der Waals surface area contributed by atoms with Crippen LogP contribution in [0.4, 0.5) is 13.2 Å². The standard InChI is InChI=1S/C7H3F3I2O/c8-3-1-4(11)5(12)2-6(3)13-7(9)10/h1-2,7H. The maximum atomic E-state index is 12.9. The summed E-state index contributed by atoms with van der Waals surface area (Å²) in [6.45, 7) is -3.00. The smallest absolute Gasteiger partial charge is 0.387 e. The third kappa shape index (κ3) is 3.15. The highest BCUT2D eigenvalue weighted by Gasteiger charge is 2.11. The van der Waals surface area contributed by atoms with Crippen LogP contribution in [0.25, 0.3) is 0 Å². The lowest BCUT2D eigenvalue weighted by atomic mass is 10.3. The molecule has 0 saturated carbocycles. The molecule has 0 amide bonds. The average Bonchev–Trinajstić information content (AvgIpc) is 1.99. The zero-order valence-electron chi connectivity index (χ0n) is 6.03. The van der Waals surface area contributed by atoms with Crippen molar-refractivity contribution in [2.24, 2.45) is 0 Å². The number of rotatable bonds is 2. The van der Waals surface area contributed by atoms with Crippen molar-refractivity contribution in [3.63, 3.8) is 0 Å². The van der Waals surface area contributed by atoms with Crippen LogP contribution >= 0.6 is 45.2 Å². The van der Waals surface area contributed by atoms with Gasteiger partial charge in [-0.2, -0.15) is 8.78 Å². The van der Waals surface area contributed by atoms with E-state index in [1.54, 1.807) is 0 Å². The summed E-state index contributed by atoms with van der Waals surface area (Å²) in [5.41, 5.74) is 0. The molecule has 13 heavy (non-hydrogen) atoms. The second-order valence-corrected chi connectivity index (χ2v) is 4.40. The molecule has 1 nitrogen and oxygen atoms in total. The van der Waals surface area contributed by atoms with E-state index in [0.29, 0.717) is 7.14 Å². The molecule has 0 radical (unpaired) electrons. The van der Waals surface area contributed by atoms with Gasteiger partial charge in [0.15, 0.2) is 11.6 Å². The summed E-state index contributed by atoms with van der Waals surface area (Å²) in [5, 5.41) is 0. The minimum Gasteiger partial charge on any atom is -0.432 e. The fourth-order valence-corrected chi connectivity index (χ4v) is 1.56. The Labute approximate surface area is 99.9 Å². The van der Waals surface area contributed by atoms with Gasteiger partial charge in [0.1, 0.15) is 0 Å². The van der Waals surface area contributed by atoms with Gasteiger partial charge in [0.25, 0.3) is 0 Å². The first-order valence-electron chi connectivity index (χ1n) is 3.10. The van der Waals surface area contributed by atoms with Gasteiger partial charge in [-0.25, -0.2) is 4.39 Å². The quantitative estimate of drug-likeness (QED) is 0.531. The molecule has 0 N–H and O–H groups in total. The van der Waals surface area contributed by atoms with Gasteiger partial charge in [-0.3, -0.25) is 0 Å². The summed E-state index contributed by atoms with van der Waals surface area (Å²) in [5.74, 6) is -1.19. The van der Waals surface area contributed by atoms with Crippen LogP contribution in [0, 0.1) is 13.0 Å². The highest BCUT2D eigenvalue weighted by atomic mass is 127. The molecular formula is C7H3F3I2O. The molecule has 1 rings (SSSR count). The SMILES string of the molecule is Fc1cc(I)c(I)cc1OC(F)F. The third-order valence-electron chi connectivity index (χ3n) is 1.19. The van der Waals surface area contributed by atoms with Crippen molar-refractivity contribution in [3.8, 4) is 5.75 Å². The fraction of sp³-hybridized carbons (Fsp3) is 0.143. The van der Waals surface area contributed by atoms with E-state index in [1.165, 1.54) is 6.07 Å². The molecule has 0 spiro atoms. The molecule has 0 aliphatic heterocycles. The summed E-state index contributed by atoms with van der Waals surface area (Å²) >= 11 is 3.82. The van der Waals surface area contributed by atoms with Crippen molar-refractivity contribution in [2.75, 3.05) is 0 Å². The number of hydrogen-bond donors (Lipinski definition) is 0. The molecule has 0 aliphatic rings. The second-order valence-electron chi connectivity index (χ2n) is 2.08. The van der Waals surface area contributed by atoms with Gasteiger partial charge in [-0.1, -0.05) is 0 Å². The Morgan fingerprint density at radius 1 is 1.15 bits per heavy atom. The first kappa shape index (κ1) is 11.3. The van der Waals surface area contributed by atoms with E-state index < -0.39 is 18.2 Å². The van der Waals surface area contributed by atoms with Crippen LogP contribution in [0.3, 0.4) is 0 Å². The van der Waals surface area contributed by atoms with Crippen LogP contribution in [0.1, 0.15) is 0 Å². The molecule has 6 heteroatoms. The molecule has 1 aromatic rings. The fourth-order valence-electron chi connectivity index (χ4n) is 0.691. The van der Waals surface area contributed by atoms with Crippen LogP contribution < -0.4 is 4.74 Å². The van der Waals surface area contributed by atoms with E-state index in [4.69, 9.17) is 0 Å². The van der Waals surface area contributed by atoms with E-state index in [0.717, 1.165) is 6.07 Å². The summed E-state index contributed by atoms with van der Waals surface area (Å²) in [6.07, 6.45) is 0. The Morgan fingerprint density at radius 3 is 2.23 bits per heavy atom. The van der Waals surface area contributed by atoms with Crippen LogP contribution in [0.5, 0.6) is 5.75 Å². The van der Waals surface area contributed by atoms with Crippen molar-refractivity contribution in [3.05, 3.63) is 25.1 Å². The van der Waals surface area contributed by atoms with Crippen LogP contribution in [0.2, 0.25) is 0 Å². The highest BCUT2D eigenvalue weighted by molar-refractivity contribution is 14.1. The van der Waals surface area contributed by atoms with Crippen LogP contribution in [-0.2, 0) is 0 Å². The van der Waals surface area contributed by atoms with Gasteiger partial charge in [-0.05, 0) is 57.3 Å². The Hall–Kier alpha value is 0.270. The monoisotopic (exact) mass is 414 g/mol. The lowest BCUT2D eigenvalue weighted by molar-refractivity contribution is -0.0522. The Balaban J connectivity index is 3.01. The molecule has 1 aromatic carbocycles. The zero-order valence-corrected chi connectivity index (χ0v) is 10.3. The molecule has 0 bridgehead atoms. The number of ether oxygens (including phenoxy) is 1. The molecular weight excluding hydrogens is 411 g/mol. The van der Waals surface area contributed by atoms with Crippen molar-refractivity contribution in [1.29, 1.82) is 0 Å². The van der Waals surface area contributed by atoms with E-state index in [2.05, 4.69) is 4.74 Å². The van der Waals surface area contributed by atoms with Gasteiger partial charge in [0.05, 0.1) is 0 Å². The first-order valence-corrected chi connectivity index (χ1v) is 5.26. The lowest BCUT2D eigenvalue weighted by Gasteiger charge is -2.06. The van der Waals surface area contributed by atoms with Crippen molar-refractivity contribution in [1.82, 2.24) is 0 Å². The molecule has 0 heterocycles. The summed E-state index contributed by atoms with van der Waals surface area (Å²) in [4.78, 5) is 0. The van der Waals surface area contributed by atoms with Crippen molar-refractivity contribution in [2.45, 2.75) is 6.61 Å². The van der Waals surface area contributed by atoms with Gasteiger partial charge < -0.3 is 4.74 Å². The number of hydrogen-bond acceptors (Lipinski definition) is 1. The Kier molecular flexibility index (Phi) is 4.07. The van der Waals surface area contributed by atoms with Crippen LogP contribution in [-0.4, -0.2) is 6.61 Å². The Bertz CT molecular complexity index is 317. The largest absolute Gasteiger partial charge is 0.432 e. The predicted octanol–water partition coefficient (Wildman–Crippen LogP) is 3.64. The van der Waals surface area contributed by atoms with Crippen molar-refractivity contribution < 1.29 is 17.9 Å². The third-order valence-corrected chi connectivity index (χ3v) is 4.01. The number of alkyl halides is 2. The molecule has 0 aliphatic carbocycles. The molecule has 72 valence electrons. The van der Waals surface area contributed by atoms with Gasteiger partial charge in [-0.15, -0.1) is 0 Å². The number of halogens is 5. The minimum absolute atomic E-state index is 0.417. The molecule has 0 fully saturated rings. The maximum Gasteiger partial charge on any atom is 0.387 e. The second kappa shape index (κ2) is 4.67. The van der Waals surface area contributed by atoms with Gasteiger partial charge >= 0.3 is 6.61 Å². The van der Waals surface area contributed by atoms with Gasteiger partial charge in [0.2, 0.25) is 0 Å². The van der Waals surface area contributed by atoms with E-state index in [-0.39, 0.29) is 0 Å². The topological polar surface area (TPSA) is 9.23 Å².